The molecule has 8 heteroatoms. The summed E-state index contributed by atoms with van der Waals surface area (Å²) in [4.78, 5) is 24.1. The van der Waals surface area contributed by atoms with E-state index in [0.717, 1.165) is 12.8 Å². The number of rotatable bonds is 6. The van der Waals surface area contributed by atoms with Gasteiger partial charge in [-0.3, -0.25) is 9.59 Å². The first-order chi connectivity index (χ1) is 12.0. The number of carboxylic acids is 1. The maximum Gasteiger partial charge on any atom is 0.308 e. The van der Waals surface area contributed by atoms with Gasteiger partial charge in [-0.15, -0.1) is 0 Å². The molecule has 0 bridgehead atoms. The Labute approximate surface area is 154 Å². The topological polar surface area (TPSA) is 113 Å². The first-order valence-corrected chi connectivity index (χ1v) is 10.2. The van der Waals surface area contributed by atoms with Crippen molar-refractivity contribution in [2.24, 2.45) is 5.92 Å². The van der Waals surface area contributed by atoms with Gasteiger partial charge < -0.3 is 10.4 Å². The van der Waals surface area contributed by atoms with Crippen LogP contribution in [0.5, 0.6) is 0 Å². The van der Waals surface area contributed by atoms with Gasteiger partial charge in [-0.1, -0.05) is 12.8 Å². The summed E-state index contributed by atoms with van der Waals surface area (Å²) in [5, 5.41) is 12.3. The van der Waals surface area contributed by atoms with Gasteiger partial charge in [0.2, 0.25) is 10.0 Å². The number of carbonyl (C=O) groups excluding carboxylic acids is 1. The Balaban J connectivity index is 2.16. The van der Waals surface area contributed by atoms with E-state index < -0.39 is 33.4 Å². The second-order valence-corrected chi connectivity index (χ2v) is 9.02. The molecule has 1 aromatic carbocycles. The minimum Gasteiger partial charge on any atom is -0.481 e. The molecule has 2 rings (SSSR count). The first-order valence-electron chi connectivity index (χ1n) is 8.73. The summed E-state index contributed by atoms with van der Waals surface area (Å²) in [7, 11) is -3.62. The van der Waals surface area contributed by atoms with Crippen molar-refractivity contribution in [1.29, 1.82) is 0 Å². The standard InChI is InChI=1S/C18H26N2O5S/c1-12(2)20-26(24,25)14-9-7-13(8-10-14)16(21)19-18(3)11-5-4-6-15(18)17(22)23/h7-10,12,15,20H,4-6,11H2,1-3H3,(H,19,21)(H,22,23). The van der Waals surface area contributed by atoms with E-state index in [0.29, 0.717) is 18.4 Å². The molecule has 0 spiro atoms. The highest BCUT2D eigenvalue weighted by atomic mass is 32.2. The highest BCUT2D eigenvalue weighted by molar-refractivity contribution is 7.89. The van der Waals surface area contributed by atoms with Gasteiger partial charge in [0.05, 0.1) is 16.4 Å². The summed E-state index contributed by atoms with van der Waals surface area (Å²) >= 11 is 0. The van der Waals surface area contributed by atoms with E-state index in [1.54, 1.807) is 20.8 Å². The number of carboxylic acid groups (broad SMARTS) is 1. The van der Waals surface area contributed by atoms with Gasteiger partial charge in [-0.2, -0.15) is 0 Å². The lowest BCUT2D eigenvalue weighted by Gasteiger charge is -2.39. The van der Waals surface area contributed by atoms with E-state index >= 15 is 0 Å². The van der Waals surface area contributed by atoms with Crippen molar-refractivity contribution in [3.63, 3.8) is 0 Å². The van der Waals surface area contributed by atoms with Crippen LogP contribution in [-0.4, -0.2) is 37.0 Å². The van der Waals surface area contributed by atoms with Gasteiger partial charge in [0.1, 0.15) is 0 Å². The maximum atomic E-state index is 12.6. The second kappa shape index (κ2) is 7.75. The molecule has 0 aromatic heterocycles. The van der Waals surface area contributed by atoms with Crippen LogP contribution >= 0.6 is 0 Å². The highest BCUT2D eigenvalue weighted by Crippen LogP contribution is 2.34. The number of aliphatic carboxylic acids is 1. The Morgan fingerprint density at radius 1 is 1.19 bits per heavy atom. The van der Waals surface area contributed by atoms with Crippen molar-refractivity contribution in [2.75, 3.05) is 0 Å². The Kier molecular flexibility index (Phi) is 6.08. The Morgan fingerprint density at radius 3 is 2.35 bits per heavy atom. The molecule has 0 radical (unpaired) electrons. The minimum absolute atomic E-state index is 0.0787. The molecule has 2 unspecified atom stereocenters. The fraction of sp³-hybridized carbons (Fsp3) is 0.556. The molecule has 1 amide bonds. The predicted molar refractivity (Wildman–Crippen MR) is 97.4 cm³/mol. The Hall–Kier alpha value is -1.93. The number of sulfonamides is 1. The zero-order valence-electron chi connectivity index (χ0n) is 15.3. The second-order valence-electron chi connectivity index (χ2n) is 7.31. The van der Waals surface area contributed by atoms with Gasteiger partial charge in [-0.25, -0.2) is 13.1 Å². The SMILES string of the molecule is CC(C)NS(=O)(=O)c1ccc(C(=O)NC2(C)CCCCC2C(=O)O)cc1. The molecule has 2 atom stereocenters. The van der Waals surface area contributed by atoms with Gasteiger partial charge in [-0.05, 0) is 57.9 Å². The van der Waals surface area contributed by atoms with Crippen LogP contribution in [-0.2, 0) is 14.8 Å². The molecule has 1 aliphatic carbocycles. The van der Waals surface area contributed by atoms with Gasteiger partial charge in [0.25, 0.3) is 5.91 Å². The van der Waals surface area contributed by atoms with Crippen LogP contribution < -0.4 is 10.0 Å². The van der Waals surface area contributed by atoms with Gasteiger partial charge in [0, 0.05) is 11.6 Å². The molecule has 144 valence electrons. The third-order valence-corrected chi connectivity index (χ3v) is 6.40. The summed E-state index contributed by atoms with van der Waals surface area (Å²) in [6.45, 7) is 5.21. The molecular formula is C18H26N2O5S. The smallest absolute Gasteiger partial charge is 0.308 e. The molecule has 0 saturated heterocycles. The molecule has 3 N–H and O–H groups in total. The van der Waals surface area contributed by atoms with Crippen molar-refractivity contribution in [2.45, 2.75) is 62.9 Å². The number of benzene rings is 1. The monoisotopic (exact) mass is 382 g/mol. The number of amides is 1. The van der Waals surface area contributed by atoms with Crippen LogP contribution in [0.15, 0.2) is 29.2 Å². The molecule has 0 heterocycles. The maximum absolute atomic E-state index is 12.6. The van der Waals surface area contributed by atoms with E-state index in [2.05, 4.69) is 10.0 Å². The average molecular weight is 382 g/mol. The fourth-order valence-electron chi connectivity index (χ4n) is 3.37. The van der Waals surface area contributed by atoms with Crippen molar-refractivity contribution in [3.05, 3.63) is 29.8 Å². The molecule has 7 nitrogen and oxygen atoms in total. The van der Waals surface area contributed by atoms with Crippen LogP contribution in [0, 0.1) is 5.92 Å². The molecule has 1 saturated carbocycles. The summed E-state index contributed by atoms with van der Waals surface area (Å²) in [6.07, 6.45) is 2.82. The molecule has 1 aromatic rings. The normalized spacial score (nSPS) is 23.6. The molecule has 26 heavy (non-hydrogen) atoms. The third kappa shape index (κ3) is 4.62. The lowest BCUT2D eigenvalue weighted by molar-refractivity contribution is -0.145. The van der Waals surface area contributed by atoms with E-state index in [-0.39, 0.29) is 10.9 Å². The van der Waals surface area contributed by atoms with Crippen molar-refractivity contribution >= 4 is 21.9 Å². The quantitative estimate of drug-likeness (QED) is 0.698. The van der Waals surface area contributed by atoms with Crippen molar-refractivity contribution < 1.29 is 23.1 Å². The summed E-state index contributed by atoms with van der Waals surface area (Å²) in [6, 6.07) is 5.38. The van der Waals surface area contributed by atoms with Crippen LogP contribution in [0.1, 0.15) is 56.8 Å². The largest absolute Gasteiger partial charge is 0.481 e. The van der Waals surface area contributed by atoms with Crippen molar-refractivity contribution in [3.8, 4) is 0 Å². The molecular weight excluding hydrogens is 356 g/mol. The zero-order valence-corrected chi connectivity index (χ0v) is 16.1. The van der Waals surface area contributed by atoms with Crippen LogP contribution in [0.4, 0.5) is 0 Å². The third-order valence-electron chi connectivity index (χ3n) is 4.72. The lowest BCUT2D eigenvalue weighted by Crippen LogP contribution is -2.55. The first kappa shape index (κ1) is 20.4. The van der Waals surface area contributed by atoms with Gasteiger partial charge in [0.15, 0.2) is 0 Å². The van der Waals surface area contributed by atoms with E-state index in [1.165, 1.54) is 24.3 Å². The van der Waals surface area contributed by atoms with E-state index in [4.69, 9.17) is 0 Å². The van der Waals surface area contributed by atoms with Gasteiger partial charge >= 0.3 is 5.97 Å². The summed E-state index contributed by atoms with van der Waals surface area (Å²) < 4.78 is 26.7. The summed E-state index contributed by atoms with van der Waals surface area (Å²) in [5.41, 5.74) is -0.519. The average Bonchev–Trinajstić information content (AvgIpc) is 2.53. The van der Waals surface area contributed by atoms with Crippen LogP contribution in [0.3, 0.4) is 0 Å². The van der Waals surface area contributed by atoms with E-state index in [9.17, 15) is 23.1 Å². The fourth-order valence-corrected chi connectivity index (χ4v) is 4.63. The number of hydrogen-bond donors (Lipinski definition) is 3. The van der Waals surface area contributed by atoms with Crippen LogP contribution in [0.2, 0.25) is 0 Å². The highest BCUT2D eigenvalue weighted by Gasteiger charge is 2.42. The molecule has 1 fully saturated rings. The van der Waals surface area contributed by atoms with Crippen molar-refractivity contribution in [1.82, 2.24) is 10.0 Å². The number of carbonyl (C=O) groups is 2. The van der Waals surface area contributed by atoms with Crippen LogP contribution in [0.25, 0.3) is 0 Å². The minimum atomic E-state index is -3.62. The summed E-state index contributed by atoms with van der Waals surface area (Å²) in [5.74, 6) is -1.94. The Bertz CT molecular complexity index is 773. The zero-order chi connectivity index (χ0) is 19.5. The molecule has 1 aliphatic rings. The van der Waals surface area contributed by atoms with E-state index in [1.807, 2.05) is 0 Å². The number of nitrogens with one attached hydrogen (secondary N) is 2. The number of hydrogen-bond acceptors (Lipinski definition) is 4. The predicted octanol–water partition coefficient (Wildman–Crippen LogP) is 2.14. The molecule has 0 aliphatic heterocycles. The Morgan fingerprint density at radius 2 is 1.81 bits per heavy atom. The lowest BCUT2D eigenvalue weighted by atomic mass is 9.73.